The zero-order chi connectivity index (χ0) is 14.5. The summed E-state index contributed by atoms with van der Waals surface area (Å²) in [5.74, 6) is 5.91. The number of hydrazine groups is 1. The van der Waals surface area contributed by atoms with Crippen LogP contribution in [0.15, 0.2) is 18.2 Å². The molecule has 0 aliphatic carbocycles. The molecule has 0 bridgehead atoms. The van der Waals surface area contributed by atoms with E-state index in [0.717, 1.165) is 9.13 Å². The first kappa shape index (κ1) is 17.2. The van der Waals surface area contributed by atoms with E-state index in [1.165, 1.54) is 0 Å². The standard InChI is InChI=1S/C12H18ClIN2O2S/c1-2-19(17,18)7-3-4-12(16-15)9-5-6-11(14)10(13)8-9/h5-6,8,12,16H,2-4,7,15H2,1H3. The number of sulfone groups is 1. The number of rotatable bonds is 7. The predicted octanol–water partition coefficient (Wildman–Crippen LogP) is 2.66. The van der Waals surface area contributed by atoms with Gasteiger partial charge in [-0.1, -0.05) is 24.6 Å². The maximum absolute atomic E-state index is 11.4. The topological polar surface area (TPSA) is 72.2 Å². The molecule has 0 amide bonds. The molecule has 1 atom stereocenters. The Bertz CT molecular complexity index is 522. The van der Waals surface area contributed by atoms with Gasteiger partial charge in [-0.25, -0.2) is 8.42 Å². The predicted molar refractivity (Wildman–Crippen MR) is 87.8 cm³/mol. The monoisotopic (exact) mass is 416 g/mol. The number of hydrogen-bond acceptors (Lipinski definition) is 4. The molecule has 4 nitrogen and oxygen atoms in total. The lowest BCUT2D eigenvalue weighted by molar-refractivity contribution is 0.507. The largest absolute Gasteiger partial charge is 0.271 e. The summed E-state index contributed by atoms with van der Waals surface area (Å²) in [6.07, 6.45) is 1.24. The van der Waals surface area contributed by atoms with Crippen LogP contribution >= 0.6 is 34.2 Å². The van der Waals surface area contributed by atoms with E-state index in [9.17, 15) is 8.42 Å². The lowest BCUT2D eigenvalue weighted by atomic mass is 10.0. The van der Waals surface area contributed by atoms with Gasteiger partial charge in [0, 0.05) is 15.4 Å². The summed E-state index contributed by atoms with van der Waals surface area (Å²) in [7, 11) is -2.92. The van der Waals surface area contributed by atoms with Gasteiger partial charge in [0.25, 0.3) is 0 Å². The Morgan fingerprint density at radius 1 is 1.47 bits per heavy atom. The average molecular weight is 417 g/mol. The van der Waals surface area contributed by atoms with E-state index in [-0.39, 0.29) is 17.5 Å². The summed E-state index contributed by atoms with van der Waals surface area (Å²) in [5.41, 5.74) is 3.69. The molecule has 1 aromatic rings. The zero-order valence-electron chi connectivity index (χ0n) is 10.7. The van der Waals surface area contributed by atoms with Gasteiger partial charge in [0.2, 0.25) is 0 Å². The molecule has 1 aromatic carbocycles. The molecule has 19 heavy (non-hydrogen) atoms. The van der Waals surface area contributed by atoms with Gasteiger partial charge in [-0.15, -0.1) is 0 Å². The van der Waals surface area contributed by atoms with Crippen LogP contribution in [-0.2, 0) is 9.84 Å². The molecular weight excluding hydrogens is 399 g/mol. The van der Waals surface area contributed by atoms with Crippen LogP contribution in [0.3, 0.4) is 0 Å². The Morgan fingerprint density at radius 3 is 2.68 bits per heavy atom. The Labute approximate surface area is 133 Å². The molecule has 0 spiro atoms. The first-order chi connectivity index (χ1) is 8.89. The van der Waals surface area contributed by atoms with Gasteiger partial charge in [-0.2, -0.15) is 0 Å². The van der Waals surface area contributed by atoms with Crippen molar-refractivity contribution in [2.75, 3.05) is 11.5 Å². The van der Waals surface area contributed by atoms with E-state index in [0.29, 0.717) is 17.9 Å². The molecule has 1 unspecified atom stereocenters. The van der Waals surface area contributed by atoms with Crippen LogP contribution in [0, 0.1) is 3.57 Å². The Hall–Kier alpha value is 0.110. The van der Waals surface area contributed by atoms with Gasteiger partial charge < -0.3 is 0 Å². The summed E-state index contributed by atoms with van der Waals surface area (Å²) < 4.78 is 23.8. The van der Waals surface area contributed by atoms with Gasteiger partial charge in [-0.05, 0) is 53.1 Å². The number of benzene rings is 1. The lowest BCUT2D eigenvalue weighted by Crippen LogP contribution is -2.28. The Balaban J connectivity index is 2.66. The SMILES string of the molecule is CCS(=O)(=O)CCCC(NN)c1ccc(I)c(Cl)c1. The zero-order valence-corrected chi connectivity index (χ0v) is 14.4. The van der Waals surface area contributed by atoms with Crippen molar-refractivity contribution >= 4 is 44.0 Å². The lowest BCUT2D eigenvalue weighted by Gasteiger charge is -2.16. The molecule has 7 heteroatoms. The van der Waals surface area contributed by atoms with E-state index < -0.39 is 9.84 Å². The van der Waals surface area contributed by atoms with E-state index in [1.54, 1.807) is 6.92 Å². The maximum atomic E-state index is 11.4. The summed E-state index contributed by atoms with van der Waals surface area (Å²) >= 11 is 8.23. The summed E-state index contributed by atoms with van der Waals surface area (Å²) in [6, 6.07) is 5.65. The fourth-order valence-electron chi connectivity index (χ4n) is 1.73. The molecule has 3 N–H and O–H groups in total. The van der Waals surface area contributed by atoms with Gasteiger partial charge in [0.15, 0.2) is 0 Å². The summed E-state index contributed by atoms with van der Waals surface area (Å²) in [4.78, 5) is 0. The minimum absolute atomic E-state index is 0.0819. The van der Waals surface area contributed by atoms with Crippen molar-refractivity contribution in [3.8, 4) is 0 Å². The van der Waals surface area contributed by atoms with Crippen molar-refractivity contribution in [2.45, 2.75) is 25.8 Å². The second-order valence-corrected chi connectivity index (χ2v) is 8.31. The summed E-state index contributed by atoms with van der Waals surface area (Å²) in [5, 5.41) is 0.680. The molecule has 0 saturated heterocycles. The fourth-order valence-corrected chi connectivity index (χ4v) is 3.15. The highest BCUT2D eigenvalue weighted by atomic mass is 127. The first-order valence-corrected chi connectivity index (χ1v) is 9.29. The normalized spacial score (nSPS) is 13.5. The average Bonchev–Trinajstić information content (AvgIpc) is 2.38. The van der Waals surface area contributed by atoms with Gasteiger partial charge in [-0.3, -0.25) is 11.3 Å². The van der Waals surface area contributed by atoms with E-state index in [1.807, 2.05) is 18.2 Å². The van der Waals surface area contributed by atoms with Gasteiger partial charge in [0.1, 0.15) is 9.84 Å². The minimum atomic E-state index is -2.92. The highest BCUT2D eigenvalue weighted by molar-refractivity contribution is 14.1. The van der Waals surface area contributed by atoms with Crippen molar-refractivity contribution in [1.82, 2.24) is 5.43 Å². The molecule has 0 aliphatic rings. The Kier molecular flexibility index (Phi) is 7.02. The Morgan fingerprint density at radius 2 is 2.16 bits per heavy atom. The van der Waals surface area contributed by atoms with Crippen molar-refractivity contribution in [3.05, 3.63) is 32.4 Å². The third-order valence-electron chi connectivity index (χ3n) is 2.94. The van der Waals surface area contributed by atoms with Crippen molar-refractivity contribution in [3.63, 3.8) is 0 Å². The third-order valence-corrected chi connectivity index (χ3v) is 6.30. The minimum Gasteiger partial charge on any atom is -0.271 e. The number of nitrogens with two attached hydrogens (primary N) is 1. The third kappa shape index (κ3) is 5.55. The number of nitrogens with one attached hydrogen (secondary N) is 1. The number of halogens is 2. The van der Waals surface area contributed by atoms with Crippen molar-refractivity contribution in [1.29, 1.82) is 0 Å². The molecule has 0 fully saturated rings. The van der Waals surface area contributed by atoms with E-state index in [2.05, 4.69) is 28.0 Å². The fraction of sp³-hybridized carbons (Fsp3) is 0.500. The van der Waals surface area contributed by atoms with Crippen LogP contribution in [0.5, 0.6) is 0 Å². The first-order valence-electron chi connectivity index (χ1n) is 6.01. The van der Waals surface area contributed by atoms with Crippen LogP contribution in [-0.4, -0.2) is 19.9 Å². The maximum Gasteiger partial charge on any atom is 0.150 e. The van der Waals surface area contributed by atoms with Crippen LogP contribution < -0.4 is 11.3 Å². The molecule has 0 heterocycles. The van der Waals surface area contributed by atoms with Gasteiger partial charge >= 0.3 is 0 Å². The number of hydrogen-bond donors (Lipinski definition) is 2. The van der Waals surface area contributed by atoms with Crippen molar-refractivity contribution in [2.24, 2.45) is 5.84 Å². The second kappa shape index (κ2) is 7.78. The van der Waals surface area contributed by atoms with Crippen LogP contribution in [0.2, 0.25) is 5.02 Å². The smallest absolute Gasteiger partial charge is 0.150 e. The van der Waals surface area contributed by atoms with Crippen molar-refractivity contribution < 1.29 is 8.42 Å². The van der Waals surface area contributed by atoms with Gasteiger partial charge in [0.05, 0.1) is 10.8 Å². The summed E-state index contributed by atoms with van der Waals surface area (Å²) in [6.45, 7) is 1.66. The molecule has 108 valence electrons. The highest BCUT2D eigenvalue weighted by Crippen LogP contribution is 2.25. The highest BCUT2D eigenvalue weighted by Gasteiger charge is 2.13. The van der Waals surface area contributed by atoms with Crippen LogP contribution in [0.1, 0.15) is 31.4 Å². The molecular formula is C12H18ClIN2O2S. The second-order valence-electron chi connectivity index (χ2n) is 4.27. The molecule has 0 aromatic heterocycles. The molecule has 0 saturated carbocycles. The van der Waals surface area contributed by atoms with Crippen LogP contribution in [0.25, 0.3) is 0 Å². The van der Waals surface area contributed by atoms with Crippen LogP contribution in [0.4, 0.5) is 0 Å². The molecule has 0 aliphatic heterocycles. The van der Waals surface area contributed by atoms with E-state index in [4.69, 9.17) is 17.4 Å². The van der Waals surface area contributed by atoms with E-state index >= 15 is 0 Å². The molecule has 0 radical (unpaired) electrons. The molecule has 1 rings (SSSR count). The quantitative estimate of drug-likeness (QED) is 0.407.